The molecule has 1 fully saturated rings. The number of aliphatic hydroxyl groups is 1. The summed E-state index contributed by atoms with van der Waals surface area (Å²) in [5.74, 6) is -0.696. The van der Waals surface area contributed by atoms with Gasteiger partial charge in [0.15, 0.2) is 0 Å². The second kappa shape index (κ2) is 8.32. The molecule has 2 amide bonds. The largest absolute Gasteiger partial charge is 0.395 e. The molecule has 0 unspecified atom stereocenters. The Hall–Kier alpha value is -3.12. The van der Waals surface area contributed by atoms with Crippen LogP contribution >= 0.6 is 0 Å². The van der Waals surface area contributed by atoms with E-state index in [4.69, 9.17) is 0 Å². The Morgan fingerprint density at radius 2 is 1.50 bits per heavy atom. The van der Waals surface area contributed by atoms with E-state index < -0.39 is 0 Å². The number of likely N-dealkylation sites (N-methyl/N-ethyl adjacent to an activating group) is 1. The van der Waals surface area contributed by atoms with Crippen LogP contribution in [0, 0.1) is 6.92 Å². The van der Waals surface area contributed by atoms with Gasteiger partial charge in [0.25, 0.3) is 11.8 Å². The number of hydrogen-bond acceptors (Lipinski definition) is 5. The molecular weight excluding hydrogens is 378 g/mol. The highest BCUT2D eigenvalue weighted by atomic mass is 16.3. The van der Waals surface area contributed by atoms with E-state index >= 15 is 0 Å². The fourth-order valence-electron chi connectivity index (χ4n) is 4.14. The number of carbonyl (C=O) groups is 2. The van der Waals surface area contributed by atoms with Gasteiger partial charge in [-0.3, -0.25) is 9.59 Å². The SMILES string of the molecule is Cc1ccc(C2=C(N(C)CCO)C(=O)N(c3ccc(N4CCCC4)cc3)C2=O)cc1. The minimum atomic E-state index is -0.361. The Labute approximate surface area is 177 Å². The van der Waals surface area contributed by atoms with Gasteiger partial charge in [0, 0.05) is 32.4 Å². The number of imide groups is 1. The number of amides is 2. The maximum atomic E-state index is 13.4. The maximum Gasteiger partial charge on any atom is 0.282 e. The van der Waals surface area contributed by atoms with Crippen LogP contribution in [0.4, 0.5) is 11.4 Å². The van der Waals surface area contributed by atoms with E-state index in [-0.39, 0.29) is 25.0 Å². The molecule has 0 bridgehead atoms. The highest BCUT2D eigenvalue weighted by Crippen LogP contribution is 2.35. The monoisotopic (exact) mass is 405 g/mol. The lowest BCUT2D eigenvalue weighted by molar-refractivity contribution is -0.120. The second-order valence-electron chi connectivity index (χ2n) is 7.89. The molecule has 0 aromatic heterocycles. The minimum absolute atomic E-state index is 0.104. The number of carbonyl (C=O) groups excluding carboxylic acids is 2. The van der Waals surface area contributed by atoms with Gasteiger partial charge >= 0.3 is 0 Å². The van der Waals surface area contributed by atoms with Crippen LogP contribution in [-0.4, -0.2) is 55.1 Å². The van der Waals surface area contributed by atoms with Crippen molar-refractivity contribution in [2.45, 2.75) is 19.8 Å². The summed E-state index contributed by atoms with van der Waals surface area (Å²) >= 11 is 0. The third kappa shape index (κ3) is 3.59. The molecule has 6 heteroatoms. The maximum absolute atomic E-state index is 13.4. The van der Waals surface area contributed by atoms with Crippen molar-refractivity contribution < 1.29 is 14.7 Å². The molecule has 0 radical (unpaired) electrons. The normalized spacial score (nSPS) is 16.8. The van der Waals surface area contributed by atoms with Crippen LogP contribution in [0.3, 0.4) is 0 Å². The van der Waals surface area contributed by atoms with Gasteiger partial charge in [-0.1, -0.05) is 29.8 Å². The molecule has 2 aliphatic rings. The zero-order chi connectivity index (χ0) is 21.3. The molecule has 0 saturated carbocycles. The molecule has 0 spiro atoms. The van der Waals surface area contributed by atoms with Crippen molar-refractivity contribution in [1.82, 2.24) is 4.90 Å². The summed E-state index contributed by atoms with van der Waals surface area (Å²) in [7, 11) is 1.73. The molecule has 30 heavy (non-hydrogen) atoms. The summed E-state index contributed by atoms with van der Waals surface area (Å²) < 4.78 is 0. The predicted molar refractivity (Wildman–Crippen MR) is 118 cm³/mol. The van der Waals surface area contributed by atoms with Crippen LogP contribution in [-0.2, 0) is 9.59 Å². The number of aliphatic hydroxyl groups excluding tert-OH is 1. The zero-order valence-corrected chi connectivity index (χ0v) is 17.5. The lowest BCUT2D eigenvalue weighted by atomic mass is 10.0. The molecule has 1 saturated heterocycles. The minimum Gasteiger partial charge on any atom is -0.395 e. The van der Waals surface area contributed by atoms with Crippen LogP contribution in [0.2, 0.25) is 0 Å². The standard InChI is InChI=1S/C24H27N3O3/c1-17-5-7-18(8-6-17)21-22(25(2)15-16-28)24(30)27(23(21)29)20-11-9-19(10-12-20)26-13-3-4-14-26/h5-12,28H,3-4,13-16H2,1-2H3. The van der Waals surface area contributed by atoms with E-state index in [1.807, 2.05) is 55.5 Å². The third-order valence-corrected chi connectivity index (χ3v) is 5.80. The van der Waals surface area contributed by atoms with Crippen LogP contribution < -0.4 is 9.80 Å². The first-order chi connectivity index (χ1) is 14.5. The highest BCUT2D eigenvalue weighted by molar-refractivity contribution is 6.45. The number of benzene rings is 2. The van der Waals surface area contributed by atoms with Crippen molar-refractivity contribution in [3.63, 3.8) is 0 Å². The molecule has 0 atom stereocenters. The lowest BCUT2D eigenvalue weighted by Crippen LogP contribution is -2.34. The van der Waals surface area contributed by atoms with Gasteiger partial charge < -0.3 is 14.9 Å². The van der Waals surface area contributed by atoms with Crippen molar-refractivity contribution in [3.8, 4) is 0 Å². The molecular formula is C24H27N3O3. The number of rotatable bonds is 6. The summed E-state index contributed by atoms with van der Waals surface area (Å²) in [5.41, 5.74) is 4.15. The van der Waals surface area contributed by atoms with E-state index in [1.165, 1.54) is 17.7 Å². The van der Waals surface area contributed by atoms with Crippen molar-refractivity contribution in [1.29, 1.82) is 0 Å². The van der Waals surface area contributed by atoms with Crippen molar-refractivity contribution >= 4 is 28.8 Å². The Morgan fingerprint density at radius 1 is 0.900 bits per heavy atom. The summed E-state index contributed by atoms with van der Waals surface area (Å²) in [5, 5.41) is 9.38. The first kappa shape index (κ1) is 20.2. The van der Waals surface area contributed by atoms with E-state index in [2.05, 4.69) is 4.90 Å². The first-order valence-electron chi connectivity index (χ1n) is 10.4. The average Bonchev–Trinajstić information content (AvgIpc) is 3.36. The van der Waals surface area contributed by atoms with Gasteiger partial charge in [-0.25, -0.2) is 4.90 Å². The second-order valence-corrected chi connectivity index (χ2v) is 7.89. The Bertz CT molecular complexity index is 974. The van der Waals surface area contributed by atoms with E-state index in [0.717, 1.165) is 24.3 Å². The average molecular weight is 405 g/mol. The number of aryl methyl sites for hydroxylation is 1. The smallest absolute Gasteiger partial charge is 0.282 e. The number of nitrogens with zero attached hydrogens (tertiary/aromatic N) is 3. The molecule has 2 aromatic rings. The van der Waals surface area contributed by atoms with Gasteiger partial charge in [0.1, 0.15) is 5.70 Å². The van der Waals surface area contributed by atoms with Crippen LogP contribution in [0.25, 0.3) is 5.57 Å². The summed E-state index contributed by atoms with van der Waals surface area (Å²) in [6.07, 6.45) is 2.38. The van der Waals surface area contributed by atoms with Gasteiger partial charge in [0.2, 0.25) is 0 Å². The number of anilines is 2. The van der Waals surface area contributed by atoms with Gasteiger partial charge in [-0.05, 0) is 49.6 Å². The van der Waals surface area contributed by atoms with Crippen LogP contribution in [0.5, 0.6) is 0 Å². The van der Waals surface area contributed by atoms with Crippen molar-refractivity contribution in [2.75, 3.05) is 43.1 Å². The molecule has 2 aromatic carbocycles. The predicted octanol–water partition coefficient (Wildman–Crippen LogP) is 2.80. The van der Waals surface area contributed by atoms with Crippen molar-refractivity contribution in [3.05, 3.63) is 65.4 Å². The Kier molecular flexibility index (Phi) is 5.59. The van der Waals surface area contributed by atoms with Gasteiger partial charge in [-0.15, -0.1) is 0 Å². The highest BCUT2D eigenvalue weighted by Gasteiger charge is 2.41. The summed E-state index contributed by atoms with van der Waals surface area (Å²) in [4.78, 5) is 32.0. The van der Waals surface area contributed by atoms with Crippen LogP contribution in [0.1, 0.15) is 24.0 Å². The molecule has 156 valence electrons. The quantitative estimate of drug-likeness (QED) is 0.749. The van der Waals surface area contributed by atoms with Crippen LogP contribution in [0.15, 0.2) is 54.2 Å². The van der Waals surface area contributed by atoms with Gasteiger partial charge in [0.05, 0.1) is 17.9 Å². The van der Waals surface area contributed by atoms with Crippen molar-refractivity contribution in [2.24, 2.45) is 0 Å². The number of hydrogen-bond donors (Lipinski definition) is 1. The first-order valence-corrected chi connectivity index (χ1v) is 10.4. The summed E-state index contributed by atoms with van der Waals surface area (Å²) in [6, 6.07) is 15.2. The lowest BCUT2D eigenvalue weighted by Gasteiger charge is -2.21. The molecule has 4 rings (SSSR count). The zero-order valence-electron chi connectivity index (χ0n) is 17.5. The van der Waals surface area contributed by atoms with E-state index in [9.17, 15) is 14.7 Å². The fourth-order valence-corrected chi connectivity index (χ4v) is 4.14. The fraction of sp³-hybridized carbons (Fsp3) is 0.333. The topological polar surface area (TPSA) is 64.1 Å². The Balaban J connectivity index is 1.70. The molecule has 2 heterocycles. The Morgan fingerprint density at radius 3 is 2.10 bits per heavy atom. The third-order valence-electron chi connectivity index (χ3n) is 5.80. The summed E-state index contributed by atoms with van der Waals surface area (Å²) in [6.45, 7) is 4.22. The van der Waals surface area contributed by atoms with Gasteiger partial charge in [-0.2, -0.15) is 0 Å². The molecule has 6 nitrogen and oxygen atoms in total. The molecule has 0 aliphatic carbocycles. The van der Waals surface area contributed by atoms with E-state index in [0.29, 0.717) is 22.5 Å². The molecule has 2 aliphatic heterocycles. The molecule has 1 N–H and O–H groups in total. The van der Waals surface area contributed by atoms with E-state index in [1.54, 1.807) is 11.9 Å².